The molecule has 7 heteroatoms. The van der Waals surface area contributed by atoms with Crippen molar-refractivity contribution >= 4 is 34.2 Å². The van der Waals surface area contributed by atoms with Crippen LogP contribution in [-0.4, -0.2) is 29.6 Å². The maximum Gasteiger partial charge on any atom is 0.341 e. The highest BCUT2D eigenvalue weighted by Gasteiger charge is 2.52. The Balaban J connectivity index is 1.64. The molecule has 6 nitrogen and oxygen atoms in total. The molecule has 4 rings (SSSR count). The van der Waals surface area contributed by atoms with Crippen LogP contribution in [0, 0.1) is 35.0 Å². The van der Waals surface area contributed by atoms with Crippen LogP contribution in [-0.2, 0) is 27.2 Å². The predicted octanol–water partition coefficient (Wildman–Crippen LogP) is 4.54. The predicted molar refractivity (Wildman–Crippen MR) is 119 cm³/mol. The van der Waals surface area contributed by atoms with Gasteiger partial charge in [0.15, 0.2) is 0 Å². The molecule has 1 aromatic heterocycles. The fourth-order valence-corrected chi connectivity index (χ4v) is 6.86. The molecule has 168 valence electrons. The van der Waals surface area contributed by atoms with E-state index < -0.39 is 23.8 Å². The third-order valence-corrected chi connectivity index (χ3v) is 8.42. The Morgan fingerprint density at radius 2 is 1.87 bits per heavy atom. The van der Waals surface area contributed by atoms with Crippen molar-refractivity contribution in [3.63, 3.8) is 0 Å². The van der Waals surface area contributed by atoms with Gasteiger partial charge in [0.2, 0.25) is 5.91 Å². The van der Waals surface area contributed by atoms with Crippen LogP contribution >= 0.6 is 11.3 Å². The molecule has 0 spiro atoms. The SMILES string of the molecule is CCOC(=O)c1c(NC(=O)[C@@H]2[C@@H](C(=O)O)[C@@H]3C=C[C@@H]2C3)sc2c1CC[C@@H](C(C)(C)C)C2. The van der Waals surface area contributed by atoms with Gasteiger partial charge in [-0.05, 0) is 61.3 Å². The highest BCUT2D eigenvalue weighted by atomic mass is 32.1. The number of aliphatic carboxylic acids is 1. The number of thiophene rings is 1. The van der Waals surface area contributed by atoms with E-state index in [4.69, 9.17) is 4.74 Å². The van der Waals surface area contributed by atoms with Crippen molar-refractivity contribution in [2.75, 3.05) is 11.9 Å². The van der Waals surface area contributed by atoms with Gasteiger partial charge in [0.05, 0.1) is 24.0 Å². The molecule has 1 aromatic rings. The van der Waals surface area contributed by atoms with E-state index in [9.17, 15) is 19.5 Å². The Kier molecular flexibility index (Phi) is 5.75. The van der Waals surface area contributed by atoms with E-state index in [-0.39, 0.29) is 29.8 Å². The second kappa shape index (κ2) is 8.08. The van der Waals surface area contributed by atoms with Gasteiger partial charge in [-0.1, -0.05) is 32.9 Å². The van der Waals surface area contributed by atoms with E-state index in [0.717, 1.165) is 29.7 Å². The Labute approximate surface area is 187 Å². The quantitative estimate of drug-likeness (QED) is 0.513. The number of hydrogen-bond acceptors (Lipinski definition) is 5. The standard InChI is InChI=1S/C24H31NO5S/c1-5-30-23(29)19-15-9-8-14(24(2,3)4)11-16(15)31-21(19)25-20(26)17-12-6-7-13(10-12)18(17)22(27)28/h6-7,12-14,17-18H,5,8-11H2,1-4H3,(H,25,26)(H,27,28)/t12-,13-,14-,17+,18+/m1/s1. The van der Waals surface area contributed by atoms with Crippen molar-refractivity contribution in [2.45, 2.75) is 53.4 Å². The van der Waals surface area contributed by atoms with Gasteiger partial charge in [-0.15, -0.1) is 11.3 Å². The first-order valence-electron chi connectivity index (χ1n) is 11.2. The van der Waals surface area contributed by atoms with Gasteiger partial charge in [0.25, 0.3) is 0 Å². The first-order chi connectivity index (χ1) is 14.6. The summed E-state index contributed by atoms with van der Waals surface area (Å²) in [5.74, 6) is -2.60. The van der Waals surface area contributed by atoms with Crippen LogP contribution in [0.5, 0.6) is 0 Å². The van der Waals surface area contributed by atoms with E-state index >= 15 is 0 Å². The number of amides is 1. The van der Waals surface area contributed by atoms with E-state index in [2.05, 4.69) is 26.1 Å². The molecule has 1 heterocycles. The van der Waals surface area contributed by atoms with Crippen molar-refractivity contribution < 1.29 is 24.2 Å². The zero-order valence-electron chi connectivity index (χ0n) is 18.6. The van der Waals surface area contributed by atoms with Crippen molar-refractivity contribution in [3.8, 4) is 0 Å². The number of hydrogen-bond donors (Lipinski definition) is 2. The van der Waals surface area contributed by atoms with Crippen molar-refractivity contribution in [2.24, 2.45) is 35.0 Å². The number of carboxylic acid groups (broad SMARTS) is 1. The van der Waals surface area contributed by atoms with Gasteiger partial charge < -0.3 is 15.2 Å². The van der Waals surface area contributed by atoms with Crippen molar-refractivity contribution in [3.05, 3.63) is 28.2 Å². The third-order valence-electron chi connectivity index (χ3n) is 7.25. The number of nitrogens with one attached hydrogen (secondary N) is 1. The number of rotatable bonds is 5. The summed E-state index contributed by atoms with van der Waals surface area (Å²) in [6.07, 6.45) is 7.24. The van der Waals surface area contributed by atoms with Crippen molar-refractivity contribution in [1.29, 1.82) is 0 Å². The number of esters is 1. The second-order valence-electron chi connectivity index (χ2n) is 10.1. The highest BCUT2D eigenvalue weighted by Crippen LogP contribution is 2.49. The van der Waals surface area contributed by atoms with E-state index in [1.165, 1.54) is 11.3 Å². The summed E-state index contributed by atoms with van der Waals surface area (Å²) in [6.45, 7) is 8.74. The lowest BCUT2D eigenvalue weighted by Crippen LogP contribution is -2.36. The minimum absolute atomic E-state index is 0.0583. The van der Waals surface area contributed by atoms with Gasteiger partial charge in [0, 0.05) is 4.88 Å². The van der Waals surface area contributed by atoms with Crippen LogP contribution in [0.3, 0.4) is 0 Å². The maximum atomic E-state index is 13.2. The van der Waals surface area contributed by atoms with Gasteiger partial charge >= 0.3 is 11.9 Å². The van der Waals surface area contributed by atoms with Crippen LogP contribution < -0.4 is 5.32 Å². The van der Waals surface area contributed by atoms with Crippen molar-refractivity contribution in [1.82, 2.24) is 0 Å². The molecule has 1 saturated carbocycles. The summed E-state index contributed by atoms with van der Waals surface area (Å²) in [7, 11) is 0. The van der Waals surface area contributed by atoms with E-state index in [0.29, 0.717) is 22.9 Å². The molecule has 1 fully saturated rings. The van der Waals surface area contributed by atoms with Crippen LogP contribution in [0.2, 0.25) is 0 Å². The number of carboxylic acids is 1. The molecule has 3 aliphatic carbocycles. The summed E-state index contributed by atoms with van der Waals surface area (Å²) in [5, 5.41) is 13.2. The summed E-state index contributed by atoms with van der Waals surface area (Å²) in [6, 6.07) is 0. The van der Waals surface area contributed by atoms with E-state index in [1.54, 1.807) is 6.92 Å². The molecule has 0 radical (unpaired) electrons. The zero-order chi connectivity index (χ0) is 22.5. The molecule has 2 bridgehead atoms. The Hall–Kier alpha value is -2.15. The molecule has 31 heavy (non-hydrogen) atoms. The Bertz CT molecular complexity index is 941. The zero-order valence-corrected chi connectivity index (χ0v) is 19.4. The van der Waals surface area contributed by atoms with Gasteiger partial charge in [-0.25, -0.2) is 4.79 Å². The largest absolute Gasteiger partial charge is 0.481 e. The number of allylic oxidation sites excluding steroid dienone is 2. The molecule has 5 atom stereocenters. The summed E-state index contributed by atoms with van der Waals surface area (Å²) < 4.78 is 5.31. The summed E-state index contributed by atoms with van der Waals surface area (Å²) in [5.41, 5.74) is 1.62. The molecule has 1 amide bonds. The van der Waals surface area contributed by atoms with Crippen LogP contribution in [0.15, 0.2) is 12.2 Å². The molecule has 0 unspecified atom stereocenters. The Morgan fingerprint density at radius 1 is 1.19 bits per heavy atom. The Morgan fingerprint density at radius 3 is 2.48 bits per heavy atom. The molecule has 0 aliphatic heterocycles. The second-order valence-corrected chi connectivity index (χ2v) is 11.2. The molecule has 2 N–H and O–H groups in total. The lowest BCUT2D eigenvalue weighted by Gasteiger charge is -2.33. The monoisotopic (exact) mass is 445 g/mol. The average Bonchev–Trinajstić information content (AvgIpc) is 3.38. The third kappa shape index (κ3) is 3.93. The summed E-state index contributed by atoms with van der Waals surface area (Å²) >= 11 is 1.45. The van der Waals surface area contributed by atoms with E-state index in [1.807, 2.05) is 12.2 Å². The minimum Gasteiger partial charge on any atom is -0.481 e. The van der Waals surface area contributed by atoms with Crippen LogP contribution in [0.1, 0.15) is 61.3 Å². The van der Waals surface area contributed by atoms with Gasteiger partial charge in [-0.3, -0.25) is 9.59 Å². The topological polar surface area (TPSA) is 92.7 Å². The van der Waals surface area contributed by atoms with Gasteiger partial charge in [-0.2, -0.15) is 0 Å². The molecular formula is C24H31NO5S. The molecular weight excluding hydrogens is 414 g/mol. The smallest absolute Gasteiger partial charge is 0.341 e. The number of carbonyl (C=O) groups excluding carboxylic acids is 2. The van der Waals surface area contributed by atoms with Crippen LogP contribution in [0.25, 0.3) is 0 Å². The normalized spacial score (nSPS) is 29.0. The van der Waals surface area contributed by atoms with Crippen LogP contribution in [0.4, 0.5) is 5.00 Å². The fraction of sp³-hybridized carbons (Fsp3) is 0.625. The highest BCUT2D eigenvalue weighted by molar-refractivity contribution is 7.17. The fourth-order valence-electron chi connectivity index (χ4n) is 5.54. The minimum atomic E-state index is -0.930. The summed E-state index contributed by atoms with van der Waals surface area (Å²) in [4.78, 5) is 39.0. The first-order valence-corrected chi connectivity index (χ1v) is 12.0. The lowest BCUT2D eigenvalue weighted by molar-refractivity contribution is -0.146. The number of ether oxygens (including phenoxy) is 1. The molecule has 0 saturated heterocycles. The first kappa shape index (κ1) is 22.1. The average molecular weight is 446 g/mol. The van der Waals surface area contributed by atoms with Gasteiger partial charge in [0.1, 0.15) is 5.00 Å². The number of anilines is 1. The maximum absolute atomic E-state index is 13.2. The number of fused-ring (bicyclic) bond motifs is 3. The lowest BCUT2D eigenvalue weighted by atomic mass is 9.72. The number of carbonyl (C=O) groups is 3. The molecule has 3 aliphatic rings. The molecule has 0 aromatic carbocycles.